The number of benzene rings is 1. The second-order valence-corrected chi connectivity index (χ2v) is 4.06. The molecule has 0 aliphatic rings. The van der Waals surface area contributed by atoms with Crippen molar-refractivity contribution in [3.05, 3.63) is 54.0 Å². The van der Waals surface area contributed by atoms with E-state index >= 15 is 0 Å². The fourth-order valence-corrected chi connectivity index (χ4v) is 1.75. The Bertz CT molecular complexity index is 800. The molecule has 3 aromatic rings. The lowest BCUT2D eigenvalue weighted by Gasteiger charge is -2.00. The number of halogens is 1. The summed E-state index contributed by atoms with van der Waals surface area (Å²) in [6.07, 6.45) is 1.58. The van der Waals surface area contributed by atoms with Crippen LogP contribution in [0.15, 0.2) is 42.6 Å². The van der Waals surface area contributed by atoms with Crippen LogP contribution >= 0.6 is 0 Å². The molecule has 0 aliphatic heterocycles. The van der Waals surface area contributed by atoms with Gasteiger partial charge in [-0.1, -0.05) is 6.07 Å². The van der Waals surface area contributed by atoms with Crippen LogP contribution in [0.2, 0.25) is 0 Å². The summed E-state index contributed by atoms with van der Waals surface area (Å²) in [4.78, 5) is 15.9. The molecule has 0 fully saturated rings. The minimum Gasteiger partial charge on any atom is -0.504 e. The summed E-state index contributed by atoms with van der Waals surface area (Å²) in [5.74, 6) is -1.05. The third-order valence-electron chi connectivity index (χ3n) is 2.65. The zero-order valence-corrected chi connectivity index (χ0v) is 10.1. The van der Waals surface area contributed by atoms with Crippen LogP contribution in [0.4, 0.5) is 10.3 Å². The first-order chi connectivity index (χ1) is 9.63. The second kappa shape index (κ2) is 4.61. The van der Waals surface area contributed by atoms with Gasteiger partial charge in [-0.15, -0.1) is 5.10 Å². The number of carbonyl (C=O) groups is 1. The standard InChI is InChI=1S/C13H9FN4O2/c14-9-4-1-3-8(7-9)12(20)16-13-15-11-10(19)5-2-6-18(11)17-13/h1-7,19H,(H,16,17,20). The molecule has 0 spiro atoms. The van der Waals surface area contributed by atoms with Gasteiger partial charge < -0.3 is 5.11 Å². The Morgan fingerprint density at radius 2 is 2.15 bits per heavy atom. The molecule has 7 heteroatoms. The number of aromatic nitrogens is 3. The fraction of sp³-hybridized carbons (Fsp3) is 0. The molecule has 1 amide bonds. The number of pyridine rings is 1. The van der Waals surface area contributed by atoms with E-state index in [0.717, 1.165) is 6.07 Å². The first kappa shape index (κ1) is 12.1. The van der Waals surface area contributed by atoms with Crippen molar-refractivity contribution in [2.75, 3.05) is 5.32 Å². The highest BCUT2D eigenvalue weighted by atomic mass is 19.1. The molecular weight excluding hydrogens is 263 g/mol. The van der Waals surface area contributed by atoms with Gasteiger partial charge in [-0.25, -0.2) is 8.91 Å². The minimum absolute atomic E-state index is 0.0285. The van der Waals surface area contributed by atoms with Gasteiger partial charge in [0.25, 0.3) is 5.91 Å². The molecule has 1 aromatic carbocycles. The Balaban J connectivity index is 1.89. The molecule has 0 saturated heterocycles. The maximum Gasteiger partial charge on any atom is 0.258 e. The van der Waals surface area contributed by atoms with E-state index in [4.69, 9.17) is 0 Å². The number of nitrogens with one attached hydrogen (secondary N) is 1. The van der Waals surface area contributed by atoms with E-state index in [0.29, 0.717) is 0 Å². The number of nitrogens with zero attached hydrogens (tertiary/aromatic N) is 3. The molecule has 0 aliphatic carbocycles. The first-order valence-electron chi connectivity index (χ1n) is 5.75. The van der Waals surface area contributed by atoms with Crippen molar-refractivity contribution >= 4 is 17.5 Å². The molecule has 20 heavy (non-hydrogen) atoms. The molecule has 100 valence electrons. The maximum absolute atomic E-state index is 13.0. The molecule has 0 radical (unpaired) electrons. The van der Waals surface area contributed by atoms with Crippen molar-refractivity contribution < 1.29 is 14.3 Å². The Labute approximate surface area is 112 Å². The number of anilines is 1. The largest absolute Gasteiger partial charge is 0.504 e. The van der Waals surface area contributed by atoms with E-state index in [1.54, 1.807) is 12.3 Å². The smallest absolute Gasteiger partial charge is 0.258 e. The van der Waals surface area contributed by atoms with E-state index < -0.39 is 11.7 Å². The molecule has 0 bridgehead atoms. The zero-order valence-electron chi connectivity index (χ0n) is 10.1. The van der Waals surface area contributed by atoms with Crippen LogP contribution in [0.3, 0.4) is 0 Å². The van der Waals surface area contributed by atoms with Crippen LogP contribution in [0.25, 0.3) is 5.65 Å². The maximum atomic E-state index is 13.0. The second-order valence-electron chi connectivity index (χ2n) is 4.06. The lowest BCUT2D eigenvalue weighted by atomic mass is 10.2. The highest BCUT2D eigenvalue weighted by molar-refractivity contribution is 6.03. The SMILES string of the molecule is O=C(Nc1nc2c(O)cccn2n1)c1cccc(F)c1. The zero-order chi connectivity index (χ0) is 14.1. The van der Waals surface area contributed by atoms with Gasteiger partial charge in [0.2, 0.25) is 5.95 Å². The summed E-state index contributed by atoms with van der Waals surface area (Å²) >= 11 is 0. The van der Waals surface area contributed by atoms with Crippen LogP contribution in [-0.2, 0) is 0 Å². The summed E-state index contributed by atoms with van der Waals surface area (Å²) in [7, 11) is 0. The molecular formula is C13H9FN4O2. The fourth-order valence-electron chi connectivity index (χ4n) is 1.75. The van der Waals surface area contributed by atoms with Crippen LogP contribution in [0.1, 0.15) is 10.4 Å². The van der Waals surface area contributed by atoms with Crippen molar-refractivity contribution in [3.63, 3.8) is 0 Å². The Morgan fingerprint density at radius 3 is 2.90 bits per heavy atom. The van der Waals surface area contributed by atoms with Gasteiger partial charge in [0, 0.05) is 11.8 Å². The number of amides is 1. The third-order valence-corrected chi connectivity index (χ3v) is 2.65. The van der Waals surface area contributed by atoms with Gasteiger partial charge in [-0.2, -0.15) is 4.98 Å². The number of fused-ring (bicyclic) bond motifs is 1. The number of hydrogen-bond donors (Lipinski definition) is 2. The minimum atomic E-state index is -0.528. The number of carbonyl (C=O) groups excluding carboxylic acids is 1. The highest BCUT2D eigenvalue weighted by Gasteiger charge is 2.12. The van der Waals surface area contributed by atoms with Gasteiger partial charge in [0.05, 0.1) is 0 Å². The monoisotopic (exact) mass is 272 g/mol. The van der Waals surface area contributed by atoms with Gasteiger partial charge in [0.15, 0.2) is 11.4 Å². The Kier molecular flexibility index (Phi) is 2.79. The molecule has 2 N–H and O–H groups in total. The summed E-state index contributed by atoms with van der Waals surface area (Å²) in [5, 5.41) is 16.0. The number of aromatic hydroxyl groups is 1. The lowest BCUT2D eigenvalue weighted by Crippen LogP contribution is -2.13. The summed E-state index contributed by atoms with van der Waals surface area (Å²) in [6, 6.07) is 8.33. The average Bonchev–Trinajstić information content (AvgIpc) is 2.83. The summed E-state index contributed by atoms with van der Waals surface area (Å²) in [5.41, 5.74) is 0.384. The van der Waals surface area contributed by atoms with Gasteiger partial charge >= 0.3 is 0 Å². The van der Waals surface area contributed by atoms with Crippen LogP contribution < -0.4 is 5.32 Å². The molecule has 2 heterocycles. The Hall–Kier alpha value is -2.96. The molecule has 0 saturated carbocycles. The molecule has 0 atom stereocenters. The third kappa shape index (κ3) is 2.16. The predicted octanol–water partition coefficient (Wildman–Crippen LogP) is 1.83. The van der Waals surface area contributed by atoms with E-state index in [1.807, 2.05) is 0 Å². The first-order valence-corrected chi connectivity index (χ1v) is 5.75. The summed E-state index contributed by atoms with van der Waals surface area (Å²) in [6.45, 7) is 0. The quantitative estimate of drug-likeness (QED) is 0.745. The van der Waals surface area contributed by atoms with Gasteiger partial charge in [-0.3, -0.25) is 10.1 Å². The molecule has 6 nitrogen and oxygen atoms in total. The van der Waals surface area contributed by atoms with Crippen molar-refractivity contribution in [1.29, 1.82) is 0 Å². The number of hydrogen-bond acceptors (Lipinski definition) is 4. The lowest BCUT2D eigenvalue weighted by molar-refractivity contribution is 0.102. The van der Waals surface area contributed by atoms with E-state index in [-0.39, 0.29) is 22.9 Å². The van der Waals surface area contributed by atoms with Gasteiger partial charge in [0.1, 0.15) is 5.82 Å². The van der Waals surface area contributed by atoms with Crippen molar-refractivity contribution in [2.24, 2.45) is 0 Å². The number of rotatable bonds is 2. The van der Waals surface area contributed by atoms with Crippen LogP contribution in [-0.4, -0.2) is 25.6 Å². The molecule has 0 unspecified atom stereocenters. The summed E-state index contributed by atoms with van der Waals surface area (Å²) < 4.78 is 14.4. The predicted molar refractivity (Wildman–Crippen MR) is 69.0 cm³/mol. The van der Waals surface area contributed by atoms with Crippen molar-refractivity contribution in [3.8, 4) is 5.75 Å². The van der Waals surface area contributed by atoms with Crippen LogP contribution in [0.5, 0.6) is 5.75 Å². The average molecular weight is 272 g/mol. The molecule has 3 rings (SSSR count). The highest BCUT2D eigenvalue weighted by Crippen LogP contribution is 2.17. The van der Waals surface area contributed by atoms with E-state index in [9.17, 15) is 14.3 Å². The van der Waals surface area contributed by atoms with Crippen molar-refractivity contribution in [1.82, 2.24) is 14.6 Å². The van der Waals surface area contributed by atoms with Gasteiger partial charge in [-0.05, 0) is 30.3 Å². The Morgan fingerprint density at radius 1 is 1.30 bits per heavy atom. The normalized spacial score (nSPS) is 10.7. The van der Waals surface area contributed by atoms with E-state index in [2.05, 4.69) is 15.4 Å². The molecule has 2 aromatic heterocycles. The van der Waals surface area contributed by atoms with Crippen LogP contribution in [0, 0.1) is 5.82 Å². The topological polar surface area (TPSA) is 79.5 Å². The van der Waals surface area contributed by atoms with E-state index in [1.165, 1.54) is 28.8 Å². The van der Waals surface area contributed by atoms with Crippen molar-refractivity contribution in [2.45, 2.75) is 0 Å².